The van der Waals surface area contributed by atoms with E-state index >= 15 is 0 Å². The average molecular weight is 237 g/mol. The molecule has 2 aliphatic rings. The molecule has 0 saturated carbocycles. The van der Waals surface area contributed by atoms with Crippen molar-refractivity contribution in [2.45, 2.75) is 32.1 Å². The molecule has 0 bridgehead atoms. The molecule has 1 aliphatic heterocycles. The van der Waals surface area contributed by atoms with E-state index in [0.717, 1.165) is 25.8 Å². The molecule has 2 atom stereocenters. The highest BCUT2D eigenvalue weighted by molar-refractivity contribution is 5.78. The molecule has 4 heteroatoms. The van der Waals surface area contributed by atoms with Crippen molar-refractivity contribution in [2.24, 2.45) is 11.8 Å². The van der Waals surface area contributed by atoms with Gasteiger partial charge in [-0.15, -0.1) is 0 Å². The zero-order valence-corrected chi connectivity index (χ0v) is 9.97. The molecular weight excluding hydrogens is 218 g/mol. The van der Waals surface area contributed by atoms with Crippen LogP contribution in [-0.2, 0) is 9.59 Å². The number of carboxylic acids is 1. The predicted octanol–water partition coefficient (Wildman–Crippen LogP) is 1.67. The maximum Gasteiger partial charge on any atom is 0.308 e. The minimum absolute atomic E-state index is 0.118. The number of hydrogen-bond donors (Lipinski definition) is 1. The Morgan fingerprint density at radius 2 is 2.18 bits per heavy atom. The van der Waals surface area contributed by atoms with E-state index in [-0.39, 0.29) is 11.8 Å². The molecule has 1 aliphatic carbocycles. The van der Waals surface area contributed by atoms with Crippen LogP contribution < -0.4 is 0 Å². The van der Waals surface area contributed by atoms with Gasteiger partial charge in [0.05, 0.1) is 5.92 Å². The van der Waals surface area contributed by atoms with Crippen molar-refractivity contribution in [3.05, 3.63) is 12.2 Å². The lowest BCUT2D eigenvalue weighted by Crippen LogP contribution is -2.42. The number of allylic oxidation sites excluding steroid dienone is 2. The van der Waals surface area contributed by atoms with Crippen molar-refractivity contribution >= 4 is 11.9 Å². The Morgan fingerprint density at radius 1 is 1.35 bits per heavy atom. The SMILES string of the molecule is O=C(O)[C@@H]1CCCN(C(=O)CC2C=CCC2)C1. The van der Waals surface area contributed by atoms with Crippen molar-refractivity contribution in [3.63, 3.8) is 0 Å². The number of carbonyl (C=O) groups is 2. The summed E-state index contributed by atoms with van der Waals surface area (Å²) in [7, 11) is 0. The van der Waals surface area contributed by atoms with Gasteiger partial charge in [-0.3, -0.25) is 9.59 Å². The molecule has 0 spiro atoms. The van der Waals surface area contributed by atoms with Crippen LogP contribution >= 0.6 is 0 Å². The van der Waals surface area contributed by atoms with E-state index in [1.807, 2.05) is 0 Å². The lowest BCUT2D eigenvalue weighted by Gasteiger charge is -2.31. The molecule has 1 N–H and O–H groups in total. The summed E-state index contributed by atoms with van der Waals surface area (Å²) in [6, 6.07) is 0. The third-order valence-electron chi connectivity index (χ3n) is 3.67. The molecule has 94 valence electrons. The first kappa shape index (κ1) is 12.1. The lowest BCUT2D eigenvalue weighted by molar-refractivity contribution is -0.145. The molecule has 1 heterocycles. The number of hydrogen-bond acceptors (Lipinski definition) is 2. The Labute approximate surface area is 101 Å². The summed E-state index contributed by atoms with van der Waals surface area (Å²) in [4.78, 5) is 24.7. The summed E-state index contributed by atoms with van der Waals surface area (Å²) >= 11 is 0. The lowest BCUT2D eigenvalue weighted by atomic mass is 9.97. The Bertz CT molecular complexity index is 338. The minimum atomic E-state index is -0.775. The number of aliphatic carboxylic acids is 1. The number of rotatable bonds is 3. The maximum absolute atomic E-state index is 12.0. The van der Waals surface area contributed by atoms with Crippen LogP contribution in [0.3, 0.4) is 0 Å². The first-order valence-electron chi connectivity index (χ1n) is 6.34. The molecule has 1 saturated heterocycles. The summed E-state index contributed by atoms with van der Waals surface area (Å²) in [5.74, 6) is -0.657. The molecule has 1 amide bonds. The van der Waals surface area contributed by atoms with E-state index in [4.69, 9.17) is 5.11 Å². The van der Waals surface area contributed by atoms with Crippen LogP contribution in [0.1, 0.15) is 32.1 Å². The summed E-state index contributed by atoms with van der Waals surface area (Å²) in [6.45, 7) is 1.11. The first-order valence-corrected chi connectivity index (χ1v) is 6.34. The third-order valence-corrected chi connectivity index (χ3v) is 3.67. The number of piperidine rings is 1. The van der Waals surface area contributed by atoms with Gasteiger partial charge in [-0.25, -0.2) is 0 Å². The Balaban J connectivity index is 1.85. The monoisotopic (exact) mass is 237 g/mol. The van der Waals surface area contributed by atoms with Crippen molar-refractivity contribution in [3.8, 4) is 0 Å². The number of amides is 1. The van der Waals surface area contributed by atoms with E-state index < -0.39 is 5.97 Å². The van der Waals surface area contributed by atoms with Crippen LogP contribution in [0.15, 0.2) is 12.2 Å². The van der Waals surface area contributed by atoms with Crippen LogP contribution in [0, 0.1) is 11.8 Å². The van der Waals surface area contributed by atoms with E-state index in [0.29, 0.717) is 25.3 Å². The zero-order valence-electron chi connectivity index (χ0n) is 9.97. The molecule has 0 radical (unpaired) electrons. The number of carboxylic acid groups (broad SMARTS) is 1. The second-order valence-corrected chi connectivity index (χ2v) is 4.99. The molecule has 17 heavy (non-hydrogen) atoms. The number of carbonyl (C=O) groups excluding carboxylic acids is 1. The smallest absolute Gasteiger partial charge is 0.308 e. The van der Waals surface area contributed by atoms with Gasteiger partial charge in [-0.05, 0) is 31.6 Å². The number of likely N-dealkylation sites (tertiary alicyclic amines) is 1. The predicted molar refractivity (Wildman–Crippen MR) is 63.4 cm³/mol. The first-order chi connectivity index (χ1) is 8.16. The molecule has 0 aromatic carbocycles. The molecule has 4 nitrogen and oxygen atoms in total. The fourth-order valence-corrected chi connectivity index (χ4v) is 2.62. The molecule has 1 fully saturated rings. The molecule has 1 unspecified atom stereocenters. The Kier molecular flexibility index (Phi) is 3.82. The second kappa shape index (κ2) is 5.34. The van der Waals surface area contributed by atoms with Crippen molar-refractivity contribution < 1.29 is 14.7 Å². The summed E-state index contributed by atoms with van der Waals surface area (Å²) < 4.78 is 0. The van der Waals surface area contributed by atoms with E-state index in [9.17, 15) is 9.59 Å². The molecular formula is C13H19NO3. The van der Waals surface area contributed by atoms with Crippen molar-refractivity contribution in [1.29, 1.82) is 0 Å². The fourth-order valence-electron chi connectivity index (χ4n) is 2.62. The van der Waals surface area contributed by atoms with Crippen LogP contribution in [0.2, 0.25) is 0 Å². The average Bonchev–Trinajstić information content (AvgIpc) is 2.82. The standard InChI is InChI=1S/C13H19NO3/c15-12(8-10-4-1-2-5-10)14-7-3-6-11(9-14)13(16)17/h1,4,10-11H,2-3,5-9H2,(H,16,17)/t10?,11-/m1/s1. The molecule has 0 aromatic heterocycles. The van der Waals surface area contributed by atoms with E-state index in [1.54, 1.807) is 4.90 Å². The van der Waals surface area contributed by atoms with Crippen LogP contribution in [0.4, 0.5) is 0 Å². The normalized spacial score (nSPS) is 28.4. The van der Waals surface area contributed by atoms with Gasteiger partial charge in [-0.1, -0.05) is 12.2 Å². The highest BCUT2D eigenvalue weighted by Gasteiger charge is 2.28. The van der Waals surface area contributed by atoms with E-state index in [1.165, 1.54) is 0 Å². The van der Waals surface area contributed by atoms with Gasteiger partial charge >= 0.3 is 5.97 Å². The van der Waals surface area contributed by atoms with Gasteiger partial charge in [0.2, 0.25) is 5.91 Å². The molecule has 0 aromatic rings. The van der Waals surface area contributed by atoms with Gasteiger partial charge in [0.1, 0.15) is 0 Å². The fraction of sp³-hybridized carbons (Fsp3) is 0.692. The van der Waals surface area contributed by atoms with Crippen molar-refractivity contribution in [1.82, 2.24) is 4.90 Å². The van der Waals surface area contributed by atoms with Gasteiger partial charge < -0.3 is 10.0 Å². The maximum atomic E-state index is 12.0. The number of nitrogens with zero attached hydrogens (tertiary/aromatic N) is 1. The zero-order chi connectivity index (χ0) is 12.3. The highest BCUT2D eigenvalue weighted by Crippen LogP contribution is 2.23. The molecule has 2 rings (SSSR count). The Hall–Kier alpha value is -1.32. The third kappa shape index (κ3) is 3.08. The van der Waals surface area contributed by atoms with Crippen molar-refractivity contribution in [2.75, 3.05) is 13.1 Å². The van der Waals surface area contributed by atoms with Gasteiger partial charge in [0.15, 0.2) is 0 Å². The quantitative estimate of drug-likeness (QED) is 0.759. The second-order valence-electron chi connectivity index (χ2n) is 4.99. The topological polar surface area (TPSA) is 57.6 Å². The van der Waals surface area contributed by atoms with Crippen LogP contribution in [-0.4, -0.2) is 35.0 Å². The summed E-state index contributed by atoms with van der Waals surface area (Å²) in [6.07, 6.45) is 8.40. The van der Waals surface area contributed by atoms with Crippen LogP contribution in [0.25, 0.3) is 0 Å². The minimum Gasteiger partial charge on any atom is -0.481 e. The van der Waals surface area contributed by atoms with Gasteiger partial charge in [0, 0.05) is 19.5 Å². The highest BCUT2D eigenvalue weighted by atomic mass is 16.4. The summed E-state index contributed by atoms with van der Waals surface area (Å²) in [5, 5.41) is 8.97. The van der Waals surface area contributed by atoms with Gasteiger partial charge in [-0.2, -0.15) is 0 Å². The largest absolute Gasteiger partial charge is 0.481 e. The van der Waals surface area contributed by atoms with Crippen LogP contribution in [0.5, 0.6) is 0 Å². The van der Waals surface area contributed by atoms with E-state index in [2.05, 4.69) is 12.2 Å². The summed E-state index contributed by atoms with van der Waals surface area (Å²) in [5.41, 5.74) is 0. The Morgan fingerprint density at radius 3 is 2.82 bits per heavy atom. The van der Waals surface area contributed by atoms with Gasteiger partial charge in [0.25, 0.3) is 0 Å².